The quantitative estimate of drug-likeness (QED) is 0.269. The molecule has 0 saturated carbocycles. The van der Waals surface area contributed by atoms with Crippen LogP contribution in [0.3, 0.4) is 0 Å². The monoisotopic (exact) mass is 528 g/mol. The van der Waals surface area contributed by atoms with Crippen molar-refractivity contribution in [2.75, 3.05) is 6.61 Å². The number of ketones is 1. The Labute approximate surface area is 218 Å². The van der Waals surface area contributed by atoms with E-state index in [0.29, 0.717) is 11.1 Å². The second-order valence-electron chi connectivity index (χ2n) is 8.41. The van der Waals surface area contributed by atoms with E-state index in [4.69, 9.17) is 28.4 Å². The Bertz CT molecular complexity index is 1180. The predicted octanol–water partition coefficient (Wildman–Crippen LogP) is 2.38. The van der Waals surface area contributed by atoms with Crippen molar-refractivity contribution < 1.29 is 52.4 Å². The number of hydrogen-bond acceptors (Lipinski definition) is 11. The van der Waals surface area contributed by atoms with E-state index in [1.807, 2.05) is 0 Å². The molecule has 38 heavy (non-hydrogen) atoms. The Morgan fingerprint density at radius 3 is 1.87 bits per heavy atom. The van der Waals surface area contributed by atoms with Gasteiger partial charge in [-0.05, 0) is 12.1 Å². The van der Waals surface area contributed by atoms with Crippen molar-refractivity contribution in [3.63, 3.8) is 0 Å². The van der Waals surface area contributed by atoms with Crippen LogP contribution in [0.5, 0.6) is 5.75 Å². The average Bonchev–Trinajstić information content (AvgIpc) is 2.86. The first-order valence-electron chi connectivity index (χ1n) is 11.7. The molecular formula is C27H28O11. The van der Waals surface area contributed by atoms with Crippen molar-refractivity contribution in [3.8, 4) is 5.75 Å². The third-order valence-electron chi connectivity index (χ3n) is 5.33. The van der Waals surface area contributed by atoms with Gasteiger partial charge in [-0.2, -0.15) is 0 Å². The zero-order valence-corrected chi connectivity index (χ0v) is 21.3. The van der Waals surface area contributed by atoms with Crippen LogP contribution in [-0.2, 0) is 42.9 Å². The molecule has 0 N–H and O–H groups in total. The lowest BCUT2D eigenvalue weighted by atomic mass is 9.98. The number of esters is 4. The molecule has 0 aliphatic carbocycles. The summed E-state index contributed by atoms with van der Waals surface area (Å²) in [5.41, 5.74) is 0.788. The van der Waals surface area contributed by atoms with Crippen molar-refractivity contribution in [3.05, 3.63) is 65.7 Å². The van der Waals surface area contributed by atoms with Gasteiger partial charge in [0.2, 0.25) is 12.4 Å². The summed E-state index contributed by atoms with van der Waals surface area (Å²) in [5, 5.41) is 0. The van der Waals surface area contributed by atoms with Gasteiger partial charge in [0.05, 0.1) is 0 Å². The molecule has 1 fully saturated rings. The van der Waals surface area contributed by atoms with Gasteiger partial charge in [0, 0.05) is 38.8 Å². The summed E-state index contributed by atoms with van der Waals surface area (Å²) < 4.78 is 33.1. The molecule has 2 aromatic rings. The Morgan fingerprint density at radius 1 is 0.684 bits per heavy atom. The third-order valence-corrected chi connectivity index (χ3v) is 5.33. The molecule has 0 amide bonds. The van der Waals surface area contributed by atoms with Gasteiger partial charge in [0.15, 0.2) is 18.0 Å². The maximum Gasteiger partial charge on any atom is 0.303 e. The largest absolute Gasteiger partial charge is 0.463 e. The van der Waals surface area contributed by atoms with Crippen molar-refractivity contribution in [2.45, 2.75) is 58.4 Å². The van der Waals surface area contributed by atoms with Crippen LogP contribution in [0.1, 0.15) is 43.6 Å². The van der Waals surface area contributed by atoms with Crippen LogP contribution in [0, 0.1) is 0 Å². The molecule has 0 spiro atoms. The van der Waals surface area contributed by atoms with Crippen molar-refractivity contribution in [2.24, 2.45) is 0 Å². The minimum atomic E-state index is -1.40. The lowest BCUT2D eigenvalue weighted by molar-refractivity contribution is -0.288. The van der Waals surface area contributed by atoms with Crippen LogP contribution in [0.4, 0.5) is 0 Å². The molecule has 202 valence electrons. The summed E-state index contributed by atoms with van der Waals surface area (Å²) in [6, 6.07) is 14.9. The van der Waals surface area contributed by atoms with Gasteiger partial charge in [-0.1, -0.05) is 42.5 Å². The molecule has 0 aromatic heterocycles. The molecule has 2 aromatic carbocycles. The van der Waals surface area contributed by atoms with Crippen LogP contribution in [0.15, 0.2) is 54.6 Å². The second-order valence-corrected chi connectivity index (χ2v) is 8.41. The maximum atomic E-state index is 12.9. The molecule has 1 aliphatic heterocycles. The highest BCUT2D eigenvalue weighted by atomic mass is 16.7. The highest BCUT2D eigenvalue weighted by Crippen LogP contribution is 2.31. The topological polar surface area (TPSA) is 141 Å². The first-order chi connectivity index (χ1) is 18.0. The van der Waals surface area contributed by atoms with E-state index in [1.54, 1.807) is 48.5 Å². The van der Waals surface area contributed by atoms with E-state index in [1.165, 1.54) is 13.0 Å². The molecule has 0 radical (unpaired) electrons. The molecule has 5 atom stereocenters. The molecule has 0 bridgehead atoms. The fourth-order valence-corrected chi connectivity index (χ4v) is 3.88. The number of benzene rings is 2. The molecule has 0 unspecified atom stereocenters. The zero-order chi connectivity index (χ0) is 27.8. The number of carbonyl (C=O) groups excluding carboxylic acids is 5. The third kappa shape index (κ3) is 7.62. The van der Waals surface area contributed by atoms with Crippen LogP contribution in [-0.4, -0.2) is 67.0 Å². The summed E-state index contributed by atoms with van der Waals surface area (Å²) >= 11 is 0. The van der Waals surface area contributed by atoms with E-state index in [0.717, 1.165) is 20.8 Å². The van der Waals surface area contributed by atoms with Gasteiger partial charge in [-0.25, -0.2) is 0 Å². The fourth-order valence-electron chi connectivity index (χ4n) is 3.88. The van der Waals surface area contributed by atoms with Crippen LogP contribution >= 0.6 is 0 Å². The minimum absolute atomic E-state index is 0.174. The molecule has 1 saturated heterocycles. The van der Waals surface area contributed by atoms with E-state index in [-0.39, 0.29) is 18.1 Å². The van der Waals surface area contributed by atoms with Crippen molar-refractivity contribution in [1.29, 1.82) is 0 Å². The Morgan fingerprint density at radius 2 is 1.26 bits per heavy atom. The lowest BCUT2D eigenvalue weighted by Crippen LogP contribution is -2.63. The summed E-state index contributed by atoms with van der Waals surface area (Å²) in [7, 11) is 0. The van der Waals surface area contributed by atoms with Gasteiger partial charge < -0.3 is 28.4 Å². The van der Waals surface area contributed by atoms with E-state index >= 15 is 0 Å². The first kappa shape index (κ1) is 28.3. The van der Waals surface area contributed by atoms with Crippen molar-refractivity contribution in [1.82, 2.24) is 0 Å². The van der Waals surface area contributed by atoms with Crippen LogP contribution in [0.25, 0.3) is 0 Å². The lowest BCUT2D eigenvalue weighted by Gasteiger charge is -2.43. The summed E-state index contributed by atoms with van der Waals surface area (Å²) in [6.07, 6.45) is -6.61. The number of ether oxygens (including phenoxy) is 6. The second kappa shape index (κ2) is 12.8. The van der Waals surface area contributed by atoms with Gasteiger partial charge in [-0.15, -0.1) is 0 Å². The van der Waals surface area contributed by atoms with Gasteiger partial charge in [-0.3, -0.25) is 24.0 Å². The van der Waals surface area contributed by atoms with Crippen LogP contribution < -0.4 is 4.74 Å². The summed E-state index contributed by atoms with van der Waals surface area (Å²) in [6.45, 7) is 4.18. The smallest absolute Gasteiger partial charge is 0.303 e. The van der Waals surface area contributed by atoms with E-state index in [9.17, 15) is 24.0 Å². The standard InChI is InChI=1S/C27H28O11/c1-15(28)33-14-22-24(34-16(2)29)25(35-17(3)30)26(36-18(4)31)27(38-22)37-21-12-8-11-20(13-21)23(32)19-9-6-5-7-10-19/h5-13,22,24-27H,14H2,1-4H3/t22-,24-,25+,26+,27+/m1/s1. The van der Waals surface area contributed by atoms with Crippen molar-refractivity contribution >= 4 is 29.7 Å². The fraction of sp³-hybridized carbons (Fsp3) is 0.370. The maximum absolute atomic E-state index is 12.9. The molecule has 11 nitrogen and oxygen atoms in total. The summed E-state index contributed by atoms with van der Waals surface area (Å²) in [4.78, 5) is 60.2. The number of hydrogen-bond donors (Lipinski definition) is 0. The Kier molecular flexibility index (Phi) is 9.55. The normalized spacial score (nSPS) is 22.5. The van der Waals surface area contributed by atoms with Gasteiger partial charge in [0.25, 0.3) is 0 Å². The number of rotatable bonds is 9. The van der Waals surface area contributed by atoms with E-state index < -0.39 is 54.6 Å². The molecule has 11 heteroatoms. The molecule has 1 aliphatic rings. The SMILES string of the molecule is CC(=O)OC[C@H]1O[C@H](Oc2cccc(C(=O)c3ccccc3)c2)[C@@H](OC(C)=O)[C@@H](OC(C)=O)[C@@H]1OC(C)=O. The molecule has 3 rings (SSSR count). The number of carbonyl (C=O) groups is 5. The average molecular weight is 529 g/mol. The zero-order valence-electron chi connectivity index (χ0n) is 21.3. The van der Waals surface area contributed by atoms with Gasteiger partial charge >= 0.3 is 23.9 Å². The Balaban J connectivity index is 1.97. The first-order valence-corrected chi connectivity index (χ1v) is 11.7. The minimum Gasteiger partial charge on any atom is -0.463 e. The van der Waals surface area contributed by atoms with E-state index in [2.05, 4.69) is 0 Å². The molecule has 1 heterocycles. The molecular weight excluding hydrogens is 500 g/mol. The van der Waals surface area contributed by atoms with Crippen LogP contribution in [0.2, 0.25) is 0 Å². The van der Waals surface area contributed by atoms with Gasteiger partial charge in [0.1, 0.15) is 18.5 Å². The highest BCUT2D eigenvalue weighted by molar-refractivity contribution is 6.09. The highest BCUT2D eigenvalue weighted by Gasteiger charge is 2.53. The predicted molar refractivity (Wildman–Crippen MR) is 129 cm³/mol. The Hall–Kier alpha value is -4.25. The summed E-state index contributed by atoms with van der Waals surface area (Å²) in [5.74, 6) is -2.96.